The second-order valence-corrected chi connectivity index (χ2v) is 7.78. The Bertz CT molecular complexity index is 920. The highest BCUT2D eigenvalue weighted by Crippen LogP contribution is 2.39. The van der Waals surface area contributed by atoms with Crippen LogP contribution in [0, 0.1) is 12.8 Å². The summed E-state index contributed by atoms with van der Waals surface area (Å²) in [4.78, 5) is 23.6. The zero-order valence-electron chi connectivity index (χ0n) is 16.7. The largest absolute Gasteiger partial charge is 0.465 e. The number of nitrogens with zero attached hydrogens (tertiary/aromatic N) is 3. The molecule has 0 aromatic carbocycles. The minimum atomic E-state index is -4.99. The van der Waals surface area contributed by atoms with Gasteiger partial charge >= 0.3 is 12.1 Å². The fourth-order valence-corrected chi connectivity index (χ4v) is 3.76. The van der Waals surface area contributed by atoms with E-state index in [4.69, 9.17) is 0 Å². The molecule has 2 aromatic heterocycles. The first-order valence-electron chi connectivity index (χ1n) is 8.87. The van der Waals surface area contributed by atoms with Crippen LogP contribution < -0.4 is 0 Å². The molecule has 0 aliphatic heterocycles. The summed E-state index contributed by atoms with van der Waals surface area (Å²) < 4.78 is 73.0. The second kappa shape index (κ2) is 9.67. The Kier molecular flexibility index (Phi) is 7.73. The van der Waals surface area contributed by atoms with Crippen LogP contribution in [0.15, 0.2) is 17.4 Å². The van der Waals surface area contributed by atoms with Crippen molar-refractivity contribution in [1.82, 2.24) is 15.0 Å². The molecule has 0 aliphatic carbocycles. The van der Waals surface area contributed by atoms with Crippen LogP contribution in [0.5, 0.6) is 0 Å². The lowest BCUT2D eigenvalue weighted by Crippen LogP contribution is -2.22. The van der Waals surface area contributed by atoms with Crippen molar-refractivity contribution in [2.45, 2.75) is 50.7 Å². The zero-order chi connectivity index (χ0) is 22.6. The van der Waals surface area contributed by atoms with E-state index in [1.165, 1.54) is 6.20 Å². The standard InChI is InChI=1S/C19H20F5N3O2S/c1-9(2)7-11-12(8-30-18-25-6-5-10(3)26-18)15(19(22,23)24)27-14(16(20)21)13(11)17(28)29-4/h5-6,9,16H,7-8H2,1-4H3. The van der Waals surface area contributed by atoms with Crippen molar-refractivity contribution in [3.8, 4) is 0 Å². The minimum Gasteiger partial charge on any atom is -0.465 e. The molecular weight excluding hydrogens is 429 g/mol. The molecule has 0 bridgehead atoms. The van der Waals surface area contributed by atoms with Gasteiger partial charge in [0.1, 0.15) is 11.4 Å². The van der Waals surface area contributed by atoms with E-state index in [1.54, 1.807) is 26.8 Å². The van der Waals surface area contributed by atoms with E-state index in [1.807, 2.05) is 0 Å². The molecule has 5 nitrogen and oxygen atoms in total. The van der Waals surface area contributed by atoms with Crippen molar-refractivity contribution < 1.29 is 31.5 Å². The van der Waals surface area contributed by atoms with Crippen LogP contribution in [-0.2, 0) is 23.1 Å². The van der Waals surface area contributed by atoms with Gasteiger partial charge in [0, 0.05) is 17.6 Å². The van der Waals surface area contributed by atoms with Crippen LogP contribution in [0.4, 0.5) is 22.0 Å². The summed E-state index contributed by atoms with van der Waals surface area (Å²) in [6, 6.07) is 1.63. The Hall–Kier alpha value is -2.30. The van der Waals surface area contributed by atoms with Crippen LogP contribution in [0.25, 0.3) is 0 Å². The third-order valence-electron chi connectivity index (χ3n) is 4.04. The Morgan fingerprint density at radius 1 is 1.20 bits per heavy atom. The number of alkyl halides is 5. The third kappa shape index (κ3) is 5.65. The number of hydrogen-bond donors (Lipinski definition) is 0. The molecule has 164 valence electrons. The number of methoxy groups -OCH3 is 1. The molecule has 2 rings (SSSR count). The molecule has 0 aliphatic rings. The van der Waals surface area contributed by atoms with E-state index in [2.05, 4.69) is 19.7 Å². The van der Waals surface area contributed by atoms with E-state index in [0.29, 0.717) is 5.69 Å². The van der Waals surface area contributed by atoms with Gasteiger partial charge in [0.05, 0.1) is 12.7 Å². The first-order valence-corrected chi connectivity index (χ1v) is 9.86. The fraction of sp³-hybridized carbons (Fsp3) is 0.474. The monoisotopic (exact) mass is 449 g/mol. The maximum atomic E-state index is 13.7. The van der Waals surface area contributed by atoms with E-state index >= 15 is 0 Å². The topological polar surface area (TPSA) is 65.0 Å². The number of aryl methyl sites for hydroxylation is 1. The van der Waals surface area contributed by atoms with Crippen LogP contribution in [0.3, 0.4) is 0 Å². The maximum Gasteiger partial charge on any atom is 0.433 e. The van der Waals surface area contributed by atoms with Crippen molar-refractivity contribution in [3.63, 3.8) is 0 Å². The van der Waals surface area contributed by atoms with Gasteiger partial charge in [-0.25, -0.2) is 28.5 Å². The third-order valence-corrected chi connectivity index (χ3v) is 4.92. The van der Waals surface area contributed by atoms with E-state index in [9.17, 15) is 26.7 Å². The molecule has 0 unspecified atom stereocenters. The van der Waals surface area contributed by atoms with Gasteiger partial charge in [0.2, 0.25) is 0 Å². The van der Waals surface area contributed by atoms with Crippen LogP contribution in [0.2, 0.25) is 0 Å². The molecule has 0 fully saturated rings. The van der Waals surface area contributed by atoms with Crippen LogP contribution >= 0.6 is 11.8 Å². The lowest BCUT2D eigenvalue weighted by Gasteiger charge is -2.22. The van der Waals surface area contributed by atoms with Gasteiger partial charge in [-0.2, -0.15) is 13.2 Å². The second-order valence-electron chi connectivity index (χ2n) is 6.84. The zero-order valence-corrected chi connectivity index (χ0v) is 17.5. The summed E-state index contributed by atoms with van der Waals surface area (Å²) >= 11 is 0.900. The highest BCUT2D eigenvalue weighted by molar-refractivity contribution is 7.98. The lowest BCUT2D eigenvalue weighted by atomic mass is 9.91. The van der Waals surface area contributed by atoms with Gasteiger partial charge in [-0.05, 0) is 36.5 Å². The molecule has 0 amide bonds. The first kappa shape index (κ1) is 24.0. The number of aromatic nitrogens is 3. The Morgan fingerprint density at radius 3 is 2.37 bits per heavy atom. The molecule has 0 N–H and O–H groups in total. The van der Waals surface area contributed by atoms with E-state index in [-0.39, 0.29) is 34.4 Å². The van der Waals surface area contributed by atoms with Crippen LogP contribution in [0.1, 0.15) is 58.8 Å². The number of esters is 1. The van der Waals surface area contributed by atoms with Crippen molar-refractivity contribution in [2.75, 3.05) is 7.11 Å². The van der Waals surface area contributed by atoms with E-state index < -0.39 is 35.5 Å². The molecule has 2 heterocycles. The number of ether oxygens (including phenoxy) is 1. The Balaban J connectivity index is 2.75. The summed E-state index contributed by atoms with van der Waals surface area (Å²) in [5, 5.41) is 0.219. The van der Waals surface area contributed by atoms with Crippen molar-refractivity contribution in [2.24, 2.45) is 5.92 Å². The lowest BCUT2D eigenvalue weighted by molar-refractivity contribution is -0.142. The molecule has 0 atom stereocenters. The summed E-state index contributed by atoms with van der Waals surface area (Å²) in [5.41, 5.74) is -3.17. The average Bonchev–Trinajstić information content (AvgIpc) is 2.64. The van der Waals surface area contributed by atoms with Crippen molar-refractivity contribution in [3.05, 3.63) is 46.0 Å². The molecule has 0 spiro atoms. The van der Waals surface area contributed by atoms with Crippen molar-refractivity contribution in [1.29, 1.82) is 0 Å². The molecule has 2 aromatic rings. The van der Waals surface area contributed by atoms with Gasteiger partial charge in [-0.3, -0.25) is 0 Å². The highest BCUT2D eigenvalue weighted by atomic mass is 32.2. The van der Waals surface area contributed by atoms with Gasteiger partial charge < -0.3 is 4.74 Å². The summed E-state index contributed by atoms with van der Waals surface area (Å²) in [5.74, 6) is -1.68. The smallest absolute Gasteiger partial charge is 0.433 e. The number of carbonyl (C=O) groups is 1. The summed E-state index contributed by atoms with van der Waals surface area (Å²) in [6.45, 7) is 5.11. The van der Waals surface area contributed by atoms with Gasteiger partial charge in [0.25, 0.3) is 6.43 Å². The number of pyridine rings is 1. The SMILES string of the molecule is COC(=O)c1c(C(F)F)nc(C(F)(F)F)c(CSc2nccc(C)n2)c1CC(C)C. The molecule has 0 radical (unpaired) electrons. The quantitative estimate of drug-likeness (QED) is 0.244. The Labute approximate surface area is 174 Å². The molecule has 11 heteroatoms. The Morgan fingerprint density at radius 2 is 1.87 bits per heavy atom. The maximum absolute atomic E-state index is 13.7. The predicted molar refractivity (Wildman–Crippen MR) is 100 cm³/mol. The fourth-order valence-electron chi connectivity index (χ4n) is 2.84. The van der Waals surface area contributed by atoms with E-state index in [0.717, 1.165) is 18.9 Å². The first-order chi connectivity index (χ1) is 14.0. The number of rotatable bonds is 7. The molecule has 30 heavy (non-hydrogen) atoms. The number of carbonyl (C=O) groups excluding carboxylic acids is 1. The molecule has 0 saturated heterocycles. The van der Waals surface area contributed by atoms with Gasteiger partial charge in [-0.1, -0.05) is 25.6 Å². The predicted octanol–water partition coefficient (Wildman–Crippen LogP) is 5.41. The van der Waals surface area contributed by atoms with Gasteiger partial charge in [-0.15, -0.1) is 0 Å². The summed E-state index contributed by atoms with van der Waals surface area (Å²) in [7, 11) is 0.976. The normalized spacial score (nSPS) is 12.0. The number of halogens is 5. The summed E-state index contributed by atoms with van der Waals surface area (Å²) in [6.07, 6.45) is -6.95. The highest BCUT2D eigenvalue weighted by Gasteiger charge is 2.40. The van der Waals surface area contributed by atoms with Crippen molar-refractivity contribution >= 4 is 17.7 Å². The number of thioether (sulfide) groups is 1. The van der Waals surface area contributed by atoms with Gasteiger partial charge in [0.15, 0.2) is 5.16 Å². The minimum absolute atomic E-state index is 0.0413. The molecule has 0 saturated carbocycles. The average molecular weight is 449 g/mol. The number of hydrogen-bond acceptors (Lipinski definition) is 6. The van der Waals surface area contributed by atoms with Crippen LogP contribution in [-0.4, -0.2) is 28.0 Å². The molecular formula is C19H20F5N3O2S.